The zero-order valence-electron chi connectivity index (χ0n) is 8.10. The SMILES string of the molecule is CCCc1nnsc1-c1n[nH]c(=S)n1N. The first-order chi connectivity index (χ1) is 7.24. The third-order valence-electron chi connectivity index (χ3n) is 1.95. The van der Waals surface area contributed by atoms with E-state index in [9.17, 15) is 0 Å². The molecule has 0 amide bonds. The molecule has 3 N–H and O–H groups in total. The highest BCUT2D eigenvalue weighted by Crippen LogP contribution is 2.23. The number of aromatic amines is 1. The second kappa shape index (κ2) is 4.07. The normalized spacial score (nSPS) is 10.7. The highest BCUT2D eigenvalue weighted by Gasteiger charge is 2.15. The number of nitrogens with one attached hydrogen (secondary N) is 1. The molecule has 0 atom stereocenters. The average molecular weight is 242 g/mol. The van der Waals surface area contributed by atoms with Gasteiger partial charge in [-0.05, 0) is 30.2 Å². The van der Waals surface area contributed by atoms with Crippen molar-refractivity contribution in [2.75, 3.05) is 5.84 Å². The maximum atomic E-state index is 5.73. The van der Waals surface area contributed by atoms with E-state index in [0.29, 0.717) is 10.6 Å². The van der Waals surface area contributed by atoms with E-state index in [4.69, 9.17) is 18.1 Å². The van der Waals surface area contributed by atoms with E-state index in [0.717, 1.165) is 23.4 Å². The summed E-state index contributed by atoms with van der Waals surface area (Å²) >= 11 is 6.22. The van der Waals surface area contributed by atoms with Crippen molar-refractivity contribution >= 4 is 23.8 Å². The molecule has 2 aromatic heterocycles. The van der Waals surface area contributed by atoms with Gasteiger partial charge < -0.3 is 5.84 Å². The molecule has 0 aromatic carbocycles. The van der Waals surface area contributed by atoms with Gasteiger partial charge in [0, 0.05) is 0 Å². The summed E-state index contributed by atoms with van der Waals surface area (Å²) in [5.41, 5.74) is 0.920. The van der Waals surface area contributed by atoms with Crippen LogP contribution in [0.15, 0.2) is 0 Å². The Kier molecular flexibility index (Phi) is 2.78. The fourth-order valence-electron chi connectivity index (χ4n) is 1.24. The molecule has 0 radical (unpaired) electrons. The van der Waals surface area contributed by atoms with Crippen LogP contribution < -0.4 is 5.84 Å². The first-order valence-corrected chi connectivity index (χ1v) is 5.66. The molecule has 0 saturated carbocycles. The molecule has 0 unspecified atom stereocenters. The lowest BCUT2D eigenvalue weighted by Crippen LogP contribution is -2.10. The Bertz CT molecular complexity index is 510. The Morgan fingerprint density at radius 1 is 1.60 bits per heavy atom. The molecule has 2 rings (SSSR count). The molecule has 15 heavy (non-hydrogen) atoms. The number of aryl methyl sites for hydroxylation is 1. The van der Waals surface area contributed by atoms with E-state index in [1.807, 2.05) is 0 Å². The van der Waals surface area contributed by atoms with Crippen molar-refractivity contribution in [3.63, 3.8) is 0 Å². The van der Waals surface area contributed by atoms with E-state index in [2.05, 4.69) is 26.7 Å². The quantitative estimate of drug-likeness (QED) is 0.622. The van der Waals surface area contributed by atoms with Crippen LogP contribution >= 0.6 is 23.8 Å². The van der Waals surface area contributed by atoms with Crippen molar-refractivity contribution in [2.45, 2.75) is 19.8 Å². The van der Waals surface area contributed by atoms with Gasteiger partial charge >= 0.3 is 0 Å². The largest absolute Gasteiger partial charge is 0.335 e. The summed E-state index contributed by atoms with van der Waals surface area (Å²) in [6.45, 7) is 2.09. The number of hydrogen-bond acceptors (Lipinski definition) is 6. The molecule has 8 heteroatoms. The van der Waals surface area contributed by atoms with Gasteiger partial charge in [-0.1, -0.05) is 17.8 Å². The van der Waals surface area contributed by atoms with Crippen molar-refractivity contribution < 1.29 is 0 Å². The highest BCUT2D eigenvalue weighted by molar-refractivity contribution is 7.71. The van der Waals surface area contributed by atoms with Crippen LogP contribution in [0.1, 0.15) is 19.0 Å². The Hall–Kier alpha value is -1.28. The Morgan fingerprint density at radius 2 is 2.40 bits per heavy atom. The fraction of sp³-hybridized carbons (Fsp3) is 0.429. The van der Waals surface area contributed by atoms with E-state index >= 15 is 0 Å². The van der Waals surface area contributed by atoms with Gasteiger partial charge in [0.2, 0.25) is 4.77 Å². The summed E-state index contributed by atoms with van der Waals surface area (Å²) < 4.78 is 5.63. The van der Waals surface area contributed by atoms with Crippen molar-refractivity contribution in [2.24, 2.45) is 0 Å². The molecule has 2 aromatic rings. The van der Waals surface area contributed by atoms with Crippen LogP contribution in [0.5, 0.6) is 0 Å². The smallest absolute Gasteiger partial charge is 0.214 e. The highest BCUT2D eigenvalue weighted by atomic mass is 32.1. The van der Waals surface area contributed by atoms with E-state index in [-0.39, 0.29) is 0 Å². The molecule has 0 spiro atoms. The van der Waals surface area contributed by atoms with Crippen LogP contribution in [0.4, 0.5) is 0 Å². The maximum Gasteiger partial charge on any atom is 0.214 e. The summed E-state index contributed by atoms with van der Waals surface area (Å²) in [6.07, 6.45) is 1.87. The molecule has 80 valence electrons. The van der Waals surface area contributed by atoms with Crippen LogP contribution in [-0.4, -0.2) is 24.5 Å². The number of H-pyrrole nitrogens is 1. The number of nitrogen functional groups attached to an aromatic ring is 1. The van der Waals surface area contributed by atoms with Crippen molar-refractivity contribution in [1.82, 2.24) is 24.5 Å². The molecule has 0 saturated heterocycles. The molecule has 0 fully saturated rings. The summed E-state index contributed by atoms with van der Waals surface area (Å²) in [5.74, 6) is 6.32. The second-order valence-electron chi connectivity index (χ2n) is 3.02. The van der Waals surface area contributed by atoms with Crippen LogP contribution in [0, 0.1) is 4.77 Å². The van der Waals surface area contributed by atoms with Crippen LogP contribution in [0.25, 0.3) is 10.7 Å². The number of nitrogens with zero attached hydrogens (tertiary/aromatic N) is 4. The number of rotatable bonds is 3. The Morgan fingerprint density at radius 3 is 3.00 bits per heavy atom. The number of aromatic nitrogens is 5. The molecule has 0 bridgehead atoms. The fourth-order valence-corrected chi connectivity index (χ4v) is 2.07. The van der Waals surface area contributed by atoms with Gasteiger partial charge in [-0.3, -0.25) is 0 Å². The molecule has 0 aliphatic heterocycles. The van der Waals surface area contributed by atoms with Crippen LogP contribution in [-0.2, 0) is 6.42 Å². The van der Waals surface area contributed by atoms with Gasteiger partial charge in [0.1, 0.15) is 4.88 Å². The topological polar surface area (TPSA) is 85.4 Å². The monoisotopic (exact) mass is 242 g/mol. The van der Waals surface area contributed by atoms with Gasteiger partial charge in [-0.2, -0.15) is 5.10 Å². The summed E-state index contributed by atoms with van der Waals surface area (Å²) in [6, 6.07) is 0. The Balaban J connectivity index is 2.49. The van der Waals surface area contributed by atoms with Gasteiger partial charge in [0.15, 0.2) is 5.82 Å². The van der Waals surface area contributed by atoms with Gasteiger partial charge in [0.25, 0.3) is 0 Å². The maximum absolute atomic E-state index is 5.73. The van der Waals surface area contributed by atoms with E-state index in [1.165, 1.54) is 16.2 Å². The van der Waals surface area contributed by atoms with E-state index in [1.54, 1.807) is 0 Å². The van der Waals surface area contributed by atoms with Gasteiger partial charge in [-0.25, -0.2) is 9.77 Å². The van der Waals surface area contributed by atoms with Crippen LogP contribution in [0.3, 0.4) is 0 Å². The second-order valence-corrected chi connectivity index (χ2v) is 4.16. The van der Waals surface area contributed by atoms with Gasteiger partial charge in [0.05, 0.1) is 5.69 Å². The summed E-state index contributed by atoms with van der Waals surface area (Å²) in [7, 11) is 0. The third-order valence-corrected chi connectivity index (χ3v) is 3.00. The number of hydrogen-bond donors (Lipinski definition) is 2. The van der Waals surface area contributed by atoms with Crippen molar-refractivity contribution in [1.29, 1.82) is 0 Å². The third kappa shape index (κ3) is 1.77. The average Bonchev–Trinajstić information content (AvgIpc) is 2.77. The zero-order chi connectivity index (χ0) is 10.8. The lowest BCUT2D eigenvalue weighted by Gasteiger charge is -1.98. The molecular formula is C7H10N6S2. The standard InChI is InChI=1S/C7H10N6S2/c1-2-3-4-5(15-12-9-4)6-10-11-7(14)13(6)8/h2-3,8H2,1H3,(H,11,14). The first-order valence-electron chi connectivity index (χ1n) is 4.48. The minimum Gasteiger partial charge on any atom is -0.335 e. The number of nitrogens with two attached hydrogens (primary N) is 1. The molecule has 0 aliphatic carbocycles. The molecule has 6 nitrogen and oxygen atoms in total. The van der Waals surface area contributed by atoms with Crippen molar-refractivity contribution in [3.8, 4) is 10.7 Å². The summed E-state index contributed by atoms with van der Waals surface area (Å²) in [5, 5.41) is 10.7. The van der Waals surface area contributed by atoms with Crippen molar-refractivity contribution in [3.05, 3.63) is 10.5 Å². The van der Waals surface area contributed by atoms with Gasteiger partial charge in [-0.15, -0.1) is 5.10 Å². The molecular weight excluding hydrogens is 232 g/mol. The molecule has 2 heterocycles. The predicted octanol–water partition coefficient (Wildman–Crippen LogP) is 1.13. The lowest BCUT2D eigenvalue weighted by atomic mass is 10.2. The molecule has 0 aliphatic rings. The minimum atomic E-state index is 0.390. The lowest BCUT2D eigenvalue weighted by molar-refractivity contribution is 0.867. The predicted molar refractivity (Wildman–Crippen MR) is 60.5 cm³/mol. The van der Waals surface area contributed by atoms with E-state index < -0.39 is 0 Å². The minimum absolute atomic E-state index is 0.390. The first kappa shape index (κ1) is 10.2. The van der Waals surface area contributed by atoms with Crippen LogP contribution in [0.2, 0.25) is 0 Å². The Labute approximate surface area is 95.3 Å². The zero-order valence-corrected chi connectivity index (χ0v) is 9.73. The summed E-state index contributed by atoms with van der Waals surface area (Å²) in [4.78, 5) is 0.881.